The average molecular weight is 428 g/mol. The number of rotatable bonds is 5. The van der Waals surface area contributed by atoms with Crippen LogP contribution in [-0.4, -0.2) is 25.7 Å². The molecule has 3 rings (SSSR count). The molecule has 0 radical (unpaired) electrons. The summed E-state index contributed by atoms with van der Waals surface area (Å²) in [5.41, 5.74) is 4.16. The van der Waals surface area contributed by atoms with E-state index in [2.05, 4.69) is 20.8 Å². The molecule has 0 fully saturated rings. The minimum atomic E-state index is -1.11. The van der Waals surface area contributed by atoms with Crippen LogP contribution in [0.15, 0.2) is 24.3 Å². The number of aryl methyl sites for hydroxylation is 2. The van der Waals surface area contributed by atoms with Gasteiger partial charge < -0.3 is 5.11 Å². The number of nitrogens with zero attached hydrogens (tertiary/aromatic N) is 3. The lowest BCUT2D eigenvalue weighted by atomic mass is 9.76. The van der Waals surface area contributed by atoms with Crippen molar-refractivity contribution < 1.29 is 9.90 Å². The Morgan fingerprint density at radius 1 is 1.17 bits per heavy atom. The Kier molecular flexibility index (Phi) is 5.72. The molecule has 0 bridgehead atoms. The zero-order chi connectivity index (χ0) is 22.4. The van der Waals surface area contributed by atoms with E-state index in [9.17, 15) is 9.90 Å². The minimum absolute atomic E-state index is 0.171. The molecule has 0 saturated carbocycles. The van der Waals surface area contributed by atoms with Crippen molar-refractivity contribution in [1.82, 2.24) is 14.6 Å². The molecule has 30 heavy (non-hydrogen) atoms. The molecule has 5 nitrogen and oxygen atoms in total. The van der Waals surface area contributed by atoms with Gasteiger partial charge in [0.2, 0.25) is 0 Å². The highest BCUT2D eigenvalue weighted by molar-refractivity contribution is 6.33. The zero-order valence-corrected chi connectivity index (χ0v) is 19.6. The highest BCUT2D eigenvalue weighted by atomic mass is 35.5. The Morgan fingerprint density at radius 2 is 1.83 bits per heavy atom. The fourth-order valence-electron chi connectivity index (χ4n) is 4.05. The van der Waals surface area contributed by atoms with E-state index in [1.165, 1.54) is 0 Å². The Labute approximate surface area is 183 Å². The summed E-state index contributed by atoms with van der Waals surface area (Å²) in [5, 5.41) is 15.7. The van der Waals surface area contributed by atoms with Gasteiger partial charge in [-0.25, -0.2) is 9.50 Å². The lowest BCUT2D eigenvalue weighted by molar-refractivity contribution is -0.143. The van der Waals surface area contributed by atoms with Gasteiger partial charge in [-0.1, -0.05) is 57.8 Å². The molecular weight excluding hydrogens is 398 g/mol. The first-order valence-corrected chi connectivity index (χ1v) is 10.7. The molecule has 1 aromatic carbocycles. The van der Waals surface area contributed by atoms with Crippen molar-refractivity contribution >= 4 is 23.2 Å². The van der Waals surface area contributed by atoms with Gasteiger partial charge in [-0.3, -0.25) is 4.79 Å². The van der Waals surface area contributed by atoms with E-state index in [0.717, 1.165) is 23.2 Å². The van der Waals surface area contributed by atoms with Gasteiger partial charge in [-0.2, -0.15) is 5.10 Å². The third-order valence-electron chi connectivity index (χ3n) is 5.71. The number of fused-ring (bicyclic) bond motifs is 1. The number of carbonyl (C=O) groups is 1. The van der Waals surface area contributed by atoms with Gasteiger partial charge in [0.15, 0.2) is 5.65 Å². The first-order valence-electron chi connectivity index (χ1n) is 10.3. The van der Waals surface area contributed by atoms with Crippen LogP contribution in [0.3, 0.4) is 0 Å². The van der Waals surface area contributed by atoms with Crippen LogP contribution >= 0.6 is 11.6 Å². The van der Waals surface area contributed by atoms with Gasteiger partial charge in [0.05, 0.1) is 21.8 Å². The topological polar surface area (TPSA) is 67.5 Å². The van der Waals surface area contributed by atoms with Crippen LogP contribution in [-0.2, 0) is 15.6 Å². The largest absolute Gasteiger partial charge is 0.481 e. The van der Waals surface area contributed by atoms with Crippen LogP contribution in [0.1, 0.15) is 70.0 Å². The van der Waals surface area contributed by atoms with Crippen LogP contribution in [0.2, 0.25) is 5.02 Å². The Hall–Kier alpha value is -2.40. The third kappa shape index (κ3) is 3.71. The molecular formula is C24H30ClN3O2. The van der Waals surface area contributed by atoms with Crippen LogP contribution in [0, 0.1) is 13.8 Å². The van der Waals surface area contributed by atoms with Gasteiger partial charge in [0.1, 0.15) is 0 Å². The molecule has 1 atom stereocenters. The molecule has 6 heteroatoms. The number of halogens is 1. The van der Waals surface area contributed by atoms with Crippen LogP contribution in [0.5, 0.6) is 0 Å². The number of carboxylic acid groups (broad SMARTS) is 1. The SMILES string of the molecule is CCCC(C)(C(=O)O)c1c(C)nc2cc(C(C)(C)C)nn2c1-c1ccc(C)cc1Cl. The molecule has 1 unspecified atom stereocenters. The van der Waals surface area contributed by atoms with Crippen molar-refractivity contribution in [3.8, 4) is 11.3 Å². The maximum atomic E-state index is 12.5. The summed E-state index contributed by atoms with van der Waals surface area (Å²) >= 11 is 6.68. The zero-order valence-electron chi connectivity index (χ0n) is 18.8. The van der Waals surface area contributed by atoms with Gasteiger partial charge in [-0.15, -0.1) is 0 Å². The first kappa shape index (κ1) is 22.3. The van der Waals surface area contributed by atoms with Gasteiger partial charge in [0, 0.05) is 28.3 Å². The fourth-order valence-corrected chi connectivity index (χ4v) is 4.37. The maximum absolute atomic E-state index is 12.5. The number of benzene rings is 1. The smallest absolute Gasteiger partial charge is 0.313 e. The molecule has 2 heterocycles. The summed E-state index contributed by atoms with van der Waals surface area (Å²) in [4.78, 5) is 17.3. The van der Waals surface area contributed by atoms with Crippen molar-refractivity contribution in [2.45, 2.75) is 72.1 Å². The number of hydrogen-bond acceptors (Lipinski definition) is 3. The Bertz CT molecular complexity index is 1130. The normalized spacial score (nSPS) is 14.1. The number of aromatic nitrogens is 3. The predicted octanol–water partition coefficient (Wildman–Crippen LogP) is 6.11. The van der Waals surface area contributed by atoms with Crippen molar-refractivity contribution in [3.05, 3.63) is 51.8 Å². The molecule has 0 aliphatic rings. The van der Waals surface area contributed by atoms with E-state index < -0.39 is 11.4 Å². The highest BCUT2D eigenvalue weighted by Gasteiger charge is 2.40. The second kappa shape index (κ2) is 7.69. The molecule has 1 N–H and O–H groups in total. The van der Waals surface area contributed by atoms with Crippen LogP contribution in [0.25, 0.3) is 16.9 Å². The van der Waals surface area contributed by atoms with E-state index >= 15 is 0 Å². The number of carboxylic acids is 1. The van der Waals surface area contributed by atoms with Crippen molar-refractivity contribution in [1.29, 1.82) is 0 Å². The van der Waals surface area contributed by atoms with E-state index in [4.69, 9.17) is 21.7 Å². The second-order valence-electron chi connectivity index (χ2n) is 9.34. The summed E-state index contributed by atoms with van der Waals surface area (Å²) in [6, 6.07) is 7.80. The second-order valence-corrected chi connectivity index (χ2v) is 9.75. The van der Waals surface area contributed by atoms with E-state index in [1.54, 1.807) is 11.4 Å². The molecule has 0 aliphatic heterocycles. The molecule has 0 aliphatic carbocycles. The fraction of sp³-hybridized carbons (Fsp3) is 0.458. The maximum Gasteiger partial charge on any atom is 0.313 e. The summed E-state index contributed by atoms with van der Waals surface area (Å²) in [6.07, 6.45) is 1.22. The lowest BCUT2D eigenvalue weighted by Crippen LogP contribution is -2.35. The predicted molar refractivity (Wildman–Crippen MR) is 122 cm³/mol. The van der Waals surface area contributed by atoms with Crippen LogP contribution < -0.4 is 0 Å². The lowest BCUT2D eigenvalue weighted by Gasteiger charge is -2.29. The molecule has 0 spiro atoms. The molecule has 3 aromatic rings. The summed E-state index contributed by atoms with van der Waals surface area (Å²) in [6.45, 7) is 13.9. The Balaban J connectivity index is 2.52. The highest BCUT2D eigenvalue weighted by Crippen LogP contribution is 2.41. The average Bonchev–Trinajstić information content (AvgIpc) is 3.05. The number of hydrogen-bond donors (Lipinski definition) is 1. The third-order valence-corrected chi connectivity index (χ3v) is 6.02. The van der Waals surface area contributed by atoms with Crippen molar-refractivity contribution in [3.63, 3.8) is 0 Å². The van der Waals surface area contributed by atoms with Crippen LogP contribution in [0.4, 0.5) is 0 Å². The van der Waals surface area contributed by atoms with E-state index in [-0.39, 0.29) is 5.41 Å². The standard InChI is InChI=1S/C24H30ClN3O2/c1-8-11-24(7,22(29)30)20-15(3)26-19-13-18(23(4,5)6)27-28(19)21(20)16-10-9-14(2)12-17(16)25/h9-10,12-13H,8,11H2,1-7H3,(H,29,30). The van der Waals surface area contributed by atoms with E-state index in [0.29, 0.717) is 34.0 Å². The summed E-state index contributed by atoms with van der Waals surface area (Å²) in [5.74, 6) is -0.874. The summed E-state index contributed by atoms with van der Waals surface area (Å²) < 4.78 is 1.77. The quantitative estimate of drug-likeness (QED) is 0.533. The minimum Gasteiger partial charge on any atom is -0.481 e. The summed E-state index contributed by atoms with van der Waals surface area (Å²) in [7, 11) is 0. The molecule has 0 saturated heterocycles. The van der Waals surface area contributed by atoms with Gasteiger partial charge in [0.25, 0.3) is 0 Å². The first-order chi connectivity index (χ1) is 13.9. The van der Waals surface area contributed by atoms with Crippen molar-refractivity contribution in [2.24, 2.45) is 0 Å². The molecule has 0 amide bonds. The van der Waals surface area contributed by atoms with Crippen molar-refractivity contribution in [2.75, 3.05) is 0 Å². The van der Waals surface area contributed by atoms with Gasteiger partial charge >= 0.3 is 5.97 Å². The van der Waals surface area contributed by atoms with E-state index in [1.807, 2.05) is 45.0 Å². The molecule has 2 aromatic heterocycles. The Morgan fingerprint density at radius 3 is 2.37 bits per heavy atom. The molecule has 160 valence electrons. The van der Waals surface area contributed by atoms with Gasteiger partial charge in [-0.05, 0) is 38.8 Å². The monoisotopic (exact) mass is 427 g/mol. The number of aliphatic carboxylic acids is 1.